The molecule has 0 saturated heterocycles. The number of esters is 1. The Balaban J connectivity index is 1.92. The van der Waals surface area contributed by atoms with E-state index in [4.69, 9.17) is 27.9 Å². The lowest BCUT2D eigenvalue weighted by atomic mass is 10.1. The summed E-state index contributed by atoms with van der Waals surface area (Å²) in [6.07, 6.45) is 1.24. The molecule has 0 unspecified atom stereocenters. The number of halogens is 2. The molecule has 2 aromatic rings. The quantitative estimate of drug-likeness (QED) is 0.353. The number of nitrogens with one attached hydrogen (secondary N) is 1. The van der Waals surface area contributed by atoms with Gasteiger partial charge in [-0.15, -0.1) is 0 Å². The normalized spacial score (nSPS) is 11.0. The smallest absolute Gasteiger partial charge is 0.338 e. The zero-order valence-corrected chi connectivity index (χ0v) is 17.9. The van der Waals surface area contributed by atoms with Crippen LogP contribution in [0.4, 0.5) is 5.69 Å². The highest BCUT2D eigenvalue weighted by Gasteiger charge is 2.24. The number of hydrogen-bond acceptors (Lipinski definition) is 7. The predicted molar refractivity (Wildman–Crippen MR) is 110 cm³/mol. The Morgan fingerprint density at radius 1 is 1.17 bits per heavy atom. The number of nitro groups is 1. The van der Waals surface area contributed by atoms with Gasteiger partial charge in [0, 0.05) is 28.9 Å². The highest BCUT2D eigenvalue weighted by Crippen LogP contribution is 2.25. The lowest BCUT2D eigenvalue weighted by Crippen LogP contribution is -2.30. The van der Waals surface area contributed by atoms with Crippen LogP contribution in [0.3, 0.4) is 0 Å². The Bertz CT molecular complexity index is 1100. The van der Waals surface area contributed by atoms with E-state index in [1.165, 1.54) is 0 Å². The summed E-state index contributed by atoms with van der Waals surface area (Å²) in [5.74, 6) is -1.59. The molecule has 9 nitrogen and oxygen atoms in total. The first-order chi connectivity index (χ1) is 14.0. The summed E-state index contributed by atoms with van der Waals surface area (Å²) >= 11 is 11.8. The summed E-state index contributed by atoms with van der Waals surface area (Å²) in [6.45, 7) is -0.388. The van der Waals surface area contributed by atoms with Gasteiger partial charge in [-0.25, -0.2) is 13.2 Å². The largest absolute Gasteiger partial charge is 0.452 e. The van der Waals surface area contributed by atoms with E-state index in [0.29, 0.717) is 16.5 Å². The Morgan fingerprint density at radius 3 is 2.47 bits per heavy atom. The number of ether oxygens (including phenoxy) is 1. The van der Waals surface area contributed by atoms with Crippen LogP contribution in [0, 0.1) is 10.1 Å². The molecule has 0 spiro atoms. The molecule has 160 valence electrons. The van der Waals surface area contributed by atoms with Crippen molar-refractivity contribution in [1.29, 1.82) is 0 Å². The van der Waals surface area contributed by atoms with Gasteiger partial charge in [0.25, 0.3) is 11.6 Å². The minimum atomic E-state index is -3.86. The number of rotatable bonds is 8. The van der Waals surface area contributed by atoms with Crippen LogP contribution in [0.25, 0.3) is 0 Å². The van der Waals surface area contributed by atoms with Crippen LogP contribution in [-0.4, -0.2) is 44.6 Å². The van der Waals surface area contributed by atoms with Crippen molar-refractivity contribution in [3.8, 4) is 0 Å². The number of carbonyl (C=O) groups is 2. The van der Waals surface area contributed by atoms with Crippen LogP contribution < -0.4 is 5.32 Å². The molecule has 2 aromatic carbocycles. The second kappa shape index (κ2) is 9.88. The Hall–Kier alpha value is -2.69. The van der Waals surface area contributed by atoms with E-state index in [0.717, 1.165) is 30.0 Å². The number of amides is 1. The molecule has 0 saturated carbocycles. The molecular formula is C18H16Cl2N2O7S. The van der Waals surface area contributed by atoms with E-state index < -0.39 is 43.8 Å². The van der Waals surface area contributed by atoms with Gasteiger partial charge in [-0.2, -0.15) is 0 Å². The maximum atomic E-state index is 12.1. The first-order valence-electron chi connectivity index (χ1n) is 8.35. The zero-order valence-electron chi connectivity index (χ0n) is 15.6. The maximum absolute atomic E-state index is 12.1. The molecule has 0 atom stereocenters. The highest BCUT2D eigenvalue weighted by molar-refractivity contribution is 7.90. The molecule has 0 bridgehead atoms. The van der Waals surface area contributed by atoms with Gasteiger partial charge >= 0.3 is 5.97 Å². The van der Waals surface area contributed by atoms with Gasteiger partial charge in [0.1, 0.15) is 4.90 Å². The van der Waals surface area contributed by atoms with Crippen LogP contribution in [0.15, 0.2) is 41.3 Å². The third kappa shape index (κ3) is 6.41. The second-order valence-electron chi connectivity index (χ2n) is 6.12. The zero-order chi connectivity index (χ0) is 22.5. The fraction of sp³-hybridized carbons (Fsp3) is 0.222. The molecule has 0 aliphatic carbocycles. The van der Waals surface area contributed by atoms with Crippen molar-refractivity contribution >= 4 is 50.6 Å². The van der Waals surface area contributed by atoms with E-state index in [1.54, 1.807) is 18.2 Å². The van der Waals surface area contributed by atoms with Gasteiger partial charge in [-0.1, -0.05) is 29.3 Å². The molecule has 30 heavy (non-hydrogen) atoms. The summed E-state index contributed by atoms with van der Waals surface area (Å²) in [4.78, 5) is 33.5. The van der Waals surface area contributed by atoms with Crippen LogP contribution in [0.2, 0.25) is 10.0 Å². The molecule has 2 rings (SSSR count). The average molecular weight is 475 g/mol. The molecule has 0 aliphatic rings. The fourth-order valence-electron chi connectivity index (χ4n) is 2.43. The van der Waals surface area contributed by atoms with E-state index in [-0.39, 0.29) is 12.1 Å². The van der Waals surface area contributed by atoms with E-state index >= 15 is 0 Å². The molecule has 0 aliphatic heterocycles. The minimum absolute atomic E-state index is 0.228. The van der Waals surface area contributed by atoms with E-state index in [2.05, 4.69) is 5.32 Å². The van der Waals surface area contributed by atoms with E-state index in [1.807, 2.05) is 0 Å². The predicted octanol–water partition coefficient (Wildman–Crippen LogP) is 2.82. The molecule has 0 aromatic heterocycles. The standard InChI is InChI=1S/C18H16Cl2N2O7S/c1-30(27,28)16-5-3-12(8-15(16)22(25)26)18(24)29-10-17(23)21-7-6-11-2-4-13(19)9-14(11)20/h2-5,8-9H,6-7,10H2,1H3,(H,21,23). The Morgan fingerprint density at radius 2 is 1.87 bits per heavy atom. The van der Waals surface area contributed by atoms with Gasteiger partial charge in [0.2, 0.25) is 0 Å². The molecule has 0 fully saturated rings. The second-order valence-corrected chi connectivity index (χ2v) is 8.95. The van der Waals surface area contributed by atoms with Gasteiger partial charge in [-0.3, -0.25) is 14.9 Å². The Labute approximate surface area is 182 Å². The van der Waals surface area contributed by atoms with Crippen LogP contribution in [-0.2, 0) is 25.8 Å². The lowest BCUT2D eigenvalue weighted by Gasteiger charge is -2.08. The highest BCUT2D eigenvalue weighted by atomic mass is 35.5. The van der Waals surface area contributed by atoms with Crippen molar-refractivity contribution in [1.82, 2.24) is 5.32 Å². The molecule has 1 N–H and O–H groups in total. The number of hydrogen-bond donors (Lipinski definition) is 1. The van der Waals surface area contributed by atoms with Crippen molar-refractivity contribution in [2.45, 2.75) is 11.3 Å². The lowest BCUT2D eigenvalue weighted by molar-refractivity contribution is -0.387. The molecule has 0 heterocycles. The SMILES string of the molecule is CS(=O)(=O)c1ccc(C(=O)OCC(=O)NCCc2ccc(Cl)cc2Cl)cc1[N+](=O)[O-]. The van der Waals surface area contributed by atoms with Gasteiger partial charge < -0.3 is 10.1 Å². The van der Waals surface area contributed by atoms with Crippen LogP contribution in [0.1, 0.15) is 15.9 Å². The molecule has 12 heteroatoms. The average Bonchev–Trinajstić information content (AvgIpc) is 2.66. The monoisotopic (exact) mass is 474 g/mol. The van der Waals surface area contributed by atoms with Crippen molar-refractivity contribution in [2.24, 2.45) is 0 Å². The summed E-state index contributed by atoms with van der Waals surface area (Å²) in [5.41, 5.74) is -0.234. The summed E-state index contributed by atoms with van der Waals surface area (Å²) in [6, 6.07) is 7.78. The van der Waals surface area contributed by atoms with Crippen molar-refractivity contribution in [3.05, 3.63) is 67.7 Å². The maximum Gasteiger partial charge on any atom is 0.338 e. The van der Waals surface area contributed by atoms with Crippen molar-refractivity contribution in [2.75, 3.05) is 19.4 Å². The number of sulfone groups is 1. The van der Waals surface area contributed by atoms with Gasteiger partial charge in [0.05, 0.1) is 10.5 Å². The molecule has 1 amide bonds. The summed E-state index contributed by atoms with van der Waals surface area (Å²) in [5, 5.41) is 14.6. The fourth-order valence-corrected chi connectivity index (χ4v) is 3.76. The Kier molecular flexibility index (Phi) is 7.77. The topological polar surface area (TPSA) is 133 Å². The first-order valence-corrected chi connectivity index (χ1v) is 11.0. The number of nitro benzene ring substituents is 1. The van der Waals surface area contributed by atoms with Crippen LogP contribution >= 0.6 is 23.2 Å². The molecular weight excluding hydrogens is 459 g/mol. The van der Waals surface area contributed by atoms with Gasteiger partial charge in [0.15, 0.2) is 16.4 Å². The summed E-state index contributed by atoms with van der Waals surface area (Å²) < 4.78 is 28.0. The number of carbonyl (C=O) groups excluding carboxylic acids is 2. The minimum Gasteiger partial charge on any atom is -0.452 e. The van der Waals surface area contributed by atoms with Crippen molar-refractivity contribution < 1.29 is 27.7 Å². The number of nitrogens with zero attached hydrogens (tertiary/aromatic N) is 1. The van der Waals surface area contributed by atoms with Crippen molar-refractivity contribution in [3.63, 3.8) is 0 Å². The third-order valence-electron chi connectivity index (χ3n) is 3.86. The van der Waals surface area contributed by atoms with Crippen LogP contribution in [0.5, 0.6) is 0 Å². The number of benzene rings is 2. The van der Waals surface area contributed by atoms with Gasteiger partial charge in [-0.05, 0) is 36.2 Å². The first kappa shape index (κ1) is 23.6. The van der Waals surface area contributed by atoms with E-state index in [9.17, 15) is 28.1 Å². The molecule has 0 radical (unpaired) electrons. The third-order valence-corrected chi connectivity index (χ3v) is 5.59. The summed E-state index contributed by atoms with van der Waals surface area (Å²) in [7, 11) is -3.86.